The molecule has 1 heterocycles. The second-order valence-electron chi connectivity index (χ2n) is 4.60. The second kappa shape index (κ2) is 4.68. The molecule has 1 fully saturated rings. The summed E-state index contributed by atoms with van der Waals surface area (Å²) in [6.07, 6.45) is 5.42. The minimum atomic E-state index is 0.599. The number of anilines is 2. The summed E-state index contributed by atoms with van der Waals surface area (Å²) < 4.78 is 0. The van der Waals surface area contributed by atoms with E-state index < -0.39 is 0 Å². The maximum absolute atomic E-state index is 5.82. The molecule has 0 aliphatic heterocycles. The van der Waals surface area contributed by atoms with Crippen LogP contribution in [0.3, 0.4) is 0 Å². The van der Waals surface area contributed by atoms with Crippen molar-refractivity contribution in [2.75, 3.05) is 23.7 Å². The van der Waals surface area contributed by atoms with Crippen molar-refractivity contribution in [1.29, 1.82) is 0 Å². The molecular formula is C12H20N4. The van der Waals surface area contributed by atoms with Gasteiger partial charge in [0.1, 0.15) is 18.0 Å². The van der Waals surface area contributed by atoms with Crippen LogP contribution in [-0.4, -0.2) is 23.1 Å². The Morgan fingerprint density at radius 3 is 2.81 bits per heavy atom. The van der Waals surface area contributed by atoms with Gasteiger partial charge in [-0.1, -0.05) is 6.92 Å². The summed E-state index contributed by atoms with van der Waals surface area (Å²) in [5.41, 5.74) is 6.83. The average Bonchev–Trinajstić information content (AvgIpc) is 3.06. The highest BCUT2D eigenvalue weighted by atomic mass is 15.2. The molecule has 0 amide bonds. The van der Waals surface area contributed by atoms with Crippen LogP contribution in [0.5, 0.6) is 0 Å². The van der Waals surface area contributed by atoms with Crippen LogP contribution in [0.15, 0.2) is 6.33 Å². The summed E-state index contributed by atoms with van der Waals surface area (Å²) in [6.45, 7) is 6.36. The van der Waals surface area contributed by atoms with Crippen LogP contribution < -0.4 is 10.6 Å². The van der Waals surface area contributed by atoms with E-state index in [1.54, 1.807) is 6.33 Å². The van der Waals surface area contributed by atoms with Gasteiger partial charge in [0, 0.05) is 18.7 Å². The number of nitrogen functional groups attached to an aromatic ring is 1. The number of hydrogen-bond donors (Lipinski definition) is 1. The topological polar surface area (TPSA) is 55.0 Å². The lowest BCUT2D eigenvalue weighted by Gasteiger charge is -2.24. The monoisotopic (exact) mass is 220 g/mol. The van der Waals surface area contributed by atoms with Crippen molar-refractivity contribution in [2.45, 2.75) is 33.1 Å². The lowest BCUT2D eigenvalue weighted by Crippen LogP contribution is -2.28. The first kappa shape index (κ1) is 11.2. The summed E-state index contributed by atoms with van der Waals surface area (Å²) >= 11 is 0. The van der Waals surface area contributed by atoms with E-state index in [9.17, 15) is 0 Å². The van der Waals surface area contributed by atoms with Gasteiger partial charge in [-0.05, 0) is 32.1 Å². The van der Waals surface area contributed by atoms with Crippen molar-refractivity contribution >= 4 is 11.6 Å². The van der Waals surface area contributed by atoms with E-state index in [1.807, 2.05) is 6.92 Å². The Kier molecular flexibility index (Phi) is 3.27. The third-order valence-electron chi connectivity index (χ3n) is 3.07. The van der Waals surface area contributed by atoms with Crippen molar-refractivity contribution in [3.8, 4) is 0 Å². The van der Waals surface area contributed by atoms with Gasteiger partial charge in [0.25, 0.3) is 0 Å². The van der Waals surface area contributed by atoms with Crippen molar-refractivity contribution in [3.63, 3.8) is 0 Å². The Balaban J connectivity index is 2.18. The van der Waals surface area contributed by atoms with Gasteiger partial charge in [0.15, 0.2) is 0 Å². The molecule has 1 saturated carbocycles. The average molecular weight is 220 g/mol. The summed E-state index contributed by atoms with van der Waals surface area (Å²) in [5, 5.41) is 0. The molecular weight excluding hydrogens is 200 g/mol. The van der Waals surface area contributed by atoms with E-state index in [0.29, 0.717) is 5.82 Å². The standard InChI is InChI=1S/C12H20N4/c1-3-6-16(7-10-4-5-10)12-9(2)11(13)14-8-15-12/h8,10H,3-7H2,1-2H3,(H2,13,14,15). The smallest absolute Gasteiger partial charge is 0.137 e. The number of hydrogen-bond acceptors (Lipinski definition) is 4. The Labute approximate surface area is 96.9 Å². The summed E-state index contributed by atoms with van der Waals surface area (Å²) in [5.74, 6) is 2.48. The van der Waals surface area contributed by atoms with Crippen molar-refractivity contribution < 1.29 is 0 Å². The first-order chi connectivity index (χ1) is 7.72. The van der Waals surface area contributed by atoms with E-state index >= 15 is 0 Å². The number of nitrogens with zero attached hydrogens (tertiary/aromatic N) is 3. The van der Waals surface area contributed by atoms with Crippen molar-refractivity contribution in [2.24, 2.45) is 5.92 Å². The fourth-order valence-corrected chi connectivity index (χ4v) is 1.94. The molecule has 1 aliphatic rings. The lowest BCUT2D eigenvalue weighted by molar-refractivity contribution is 0.696. The molecule has 4 nitrogen and oxygen atoms in total. The quantitative estimate of drug-likeness (QED) is 0.824. The van der Waals surface area contributed by atoms with Gasteiger partial charge >= 0.3 is 0 Å². The minimum absolute atomic E-state index is 0.599. The highest BCUT2D eigenvalue weighted by molar-refractivity contribution is 5.55. The molecule has 1 aromatic rings. The largest absolute Gasteiger partial charge is 0.383 e. The molecule has 1 aromatic heterocycles. The van der Waals surface area contributed by atoms with Gasteiger partial charge in [0.05, 0.1) is 0 Å². The molecule has 2 N–H and O–H groups in total. The zero-order chi connectivity index (χ0) is 11.5. The van der Waals surface area contributed by atoms with E-state index in [-0.39, 0.29) is 0 Å². The lowest BCUT2D eigenvalue weighted by atomic mass is 10.2. The maximum atomic E-state index is 5.82. The van der Waals surface area contributed by atoms with Gasteiger partial charge in [0.2, 0.25) is 0 Å². The SMILES string of the molecule is CCCN(CC1CC1)c1ncnc(N)c1C. The molecule has 0 bridgehead atoms. The van der Waals surface area contributed by atoms with Crippen LogP contribution in [0.4, 0.5) is 11.6 Å². The molecule has 0 radical (unpaired) electrons. The van der Waals surface area contributed by atoms with Crippen LogP contribution in [0.2, 0.25) is 0 Å². The van der Waals surface area contributed by atoms with Crippen LogP contribution in [0.1, 0.15) is 31.7 Å². The van der Waals surface area contributed by atoms with Gasteiger partial charge in [-0.2, -0.15) is 0 Å². The van der Waals surface area contributed by atoms with Crippen LogP contribution in [0, 0.1) is 12.8 Å². The fourth-order valence-electron chi connectivity index (χ4n) is 1.94. The minimum Gasteiger partial charge on any atom is -0.383 e. The normalized spacial score (nSPS) is 15.1. The number of nitrogens with two attached hydrogens (primary N) is 1. The summed E-state index contributed by atoms with van der Waals surface area (Å²) in [6, 6.07) is 0. The zero-order valence-electron chi connectivity index (χ0n) is 10.1. The molecule has 4 heteroatoms. The molecule has 16 heavy (non-hydrogen) atoms. The van der Waals surface area contributed by atoms with E-state index in [4.69, 9.17) is 5.73 Å². The molecule has 0 unspecified atom stereocenters. The van der Waals surface area contributed by atoms with E-state index in [0.717, 1.165) is 36.8 Å². The van der Waals surface area contributed by atoms with Crippen molar-refractivity contribution in [3.05, 3.63) is 11.9 Å². The highest BCUT2D eigenvalue weighted by Crippen LogP contribution is 2.32. The molecule has 0 saturated heterocycles. The molecule has 0 atom stereocenters. The molecule has 2 rings (SSSR count). The first-order valence-corrected chi connectivity index (χ1v) is 6.04. The van der Waals surface area contributed by atoms with Crippen LogP contribution in [0.25, 0.3) is 0 Å². The Morgan fingerprint density at radius 1 is 1.44 bits per heavy atom. The molecule has 0 spiro atoms. The predicted octanol–water partition coefficient (Wildman–Crippen LogP) is 1.99. The second-order valence-corrected chi connectivity index (χ2v) is 4.60. The molecule has 1 aliphatic carbocycles. The van der Waals surface area contributed by atoms with Crippen LogP contribution in [-0.2, 0) is 0 Å². The Bertz CT molecular complexity index is 360. The molecule has 88 valence electrons. The molecule has 0 aromatic carbocycles. The van der Waals surface area contributed by atoms with Gasteiger partial charge < -0.3 is 10.6 Å². The first-order valence-electron chi connectivity index (χ1n) is 6.04. The van der Waals surface area contributed by atoms with E-state index in [1.165, 1.54) is 12.8 Å². The zero-order valence-corrected chi connectivity index (χ0v) is 10.1. The van der Waals surface area contributed by atoms with E-state index in [2.05, 4.69) is 21.8 Å². The Morgan fingerprint density at radius 2 is 2.19 bits per heavy atom. The summed E-state index contributed by atoms with van der Waals surface area (Å²) in [4.78, 5) is 10.7. The van der Waals surface area contributed by atoms with Gasteiger partial charge in [-0.15, -0.1) is 0 Å². The fraction of sp³-hybridized carbons (Fsp3) is 0.667. The Hall–Kier alpha value is -1.32. The van der Waals surface area contributed by atoms with Gasteiger partial charge in [-0.3, -0.25) is 0 Å². The third kappa shape index (κ3) is 2.43. The number of aromatic nitrogens is 2. The highest BCUT2D eigenvalue weighted by Gasteiger charge is 2.25. The third-order valence-corrected chi connectivity index (χ3v) is 3.07. The summed E-state index contributed by atoms with van der Waals surface area (Å²) in [7, 11) is 0. The van der Waals surface area contributed by atoms with Crippen molar-refractivity contribution in [1.82, 2.24) is 9.97 Å². The van der Waals surface area contributed by atoms with Gasteiger partial charge in [-0.25, -0.2) is 9.97 Å². The maximum Gasteiger partial charge on any atom is 0.137 e. The van der Waals surface area contributed by atoms with Crippen LogP contribution >= 0.6 is 0 Å². The predicted molar refractivity (Wildman–Crippen MR) is 66.4 cm³/mol. The number of rotatable bonds is 5.